The Morgan fingerprint density at radius 1 is 1.47 bits per heavy atom. The number of carbonyl (C=O) groups is 1. The minimum absolute atomic E-state index is 0.424. The van der Waals surface area contributed by atoms with E-state index in [0.29, 0.717) is 11.3 Å². The zero-order chi connectivity index (χ0) is 12.4. The quantitative estimate of drug-likeness (QED) is 0.865. The van der Waals surface area contributed by atoms with Crippen LogP contribution in [0, 0.1) is 6.92 Å². The van der Waals surface area contributed by atoms with E-state index >= 15 is 0 Å². The van der Waals surface area contributed by atoms with Crippen LogP contribution in [0.3, 0.4) is 0 Å². The molecule has 2 aromatic rings. The van der Waals surface area contributed by atoms with Crippen molar-refractivity contribution in [2.75, 3.05) is 7.11 Å². The van der Waals surface area contributed by atoms with E-state index in [1.54, 1.807) is 24.9 Å². The molecule has 88 valence electrons. The minimum atomic E-state index is -0.475. The lowest BCUT2D eigenvalue weighted by atomic mass is 10.2. The van der Waals surface area contributed by atoms with Crippen LogP contribution in [0.2, 0.25) is 0 Å². The number of carbonyl (C=O) groups excluding carboxylic acids is 1. The van der Waals surface area contributed by atoms with Crippen LogP contribution >= 0.6 is 0 Å². The summed E-state index contributed by atoms with van der Waals surface area (Å²) in [5.41, 5.74) is 7.10. The lowest BCUT2D eigenvalue weighted by Gasteiger charge is -2.03. The Kier molecular flexibility index (Phi) is 2.82. The Morgan fingerprint density at radius 3 is 2.82 bits per heavy atom. The highest BCUT2D eigenvalue weighted by Gasteiger charge is 2.10. The number of aryl methyl sites for hydroxylation is 1. The highest BCUT2D eigenvalue weighted by molar-refractivity contribution is 5.93. The van der Waals surface area contributed by atoms with Crippen LogP contribution in [0.5, 0.6) is 5.75 Å². The fraction of sp³-hybridized carbons (Fsp3) is 0.167. The van der Waals surface area contributed by atoms with Gasteiger partial charge in [-0.2, -0.15) is 5.10 Å². The van der Waals surface area contributed by atoms with Crippen LogP contribution in [0.1, 0.15) is 16.1 Å². The Hall–Kier alpha value is -2.30. The molecule has 0 saturated carbocycles. The molecule has 0 fully saturated rings. The van der Waals surface area contributed by atoms with Gasteiger partial charge in [-0.05, 0) is 19.1 Å². The molecule has 17 heavy (non-hydrogen) atoms. The van der Waals surface area contributed by atoms with E-state index in [-0.39, 0.29) is 0 Å². The van der Waals surface area contributed by atoms with Crippen molar-refractivity contribution in [2.45, 2.75) is 6.92 Å². The van der Waals surface area contributed by atoms with Crippen molar-refractivity contribution in [1.29, 1.82) is 0 Å². The standard InChI is InChI=1S/C12H13N3O2/c1-8-11(12(13)16)7-15(14-8)9-4-3-5-10(6-9)17-2/h3-7H,1-2H3,(H2,13,16). The molecule has 0 aliphatic rings. The maximum atomic E-state index is 11.1. The molecule has 0 aliphatic carbocycles. The van der Waals surface area contributed by atoms with Gasteiger partial charge in [0.05, 0.1) is 24.1 Å². The van der Waals surface area contributed by atoms with Crippen molar-refractivity contribution >= 4 is 5.91 Å². The SMILES string of the molecule is COc1cccc(-n2cc(C(N)=O)c(C)n2)c1. The lowest BCUT2D eigenvalue weighted by molar-refractivity contribution is 0.0999. The zero-order valence-electron chi connectivity index (χ0n) is 9.68. The molecule has 0 atom stereocenters. The number of methoxy groups -OCH3 is 1. The summed E-state index contributed by atoms with van der Waals surface area (Å²) in [6.07, 6.45) is 1.62. The second-order valence-electron chi connectivity index (χ2n) is 3.64. The first kappa shape index (κ1) is 11.2. The van der Waals surface area contributed by atoms with Gasteiger partial charge in [-0.3, -0.25) is 4.79 Å². The first-order valence-electron chi connectivity index (χ1n) is 5.12. The monoisotopic (exact) mass is 231 g/mol. The van der Waals surface area contributed by atoms with Crippen LogP contribution in [-0.2, 0) is 0 Å². The van der Waals surface area contributed by atoms with Gasteiger partial charge >= 0.3 is 0 Å². The Morgan fingerprint density at radius 2 is 2.24 bits per heavy atom. The molecule has 0 unspecified atom stereocenters. The molecule has 1 aromatic heterocycles. The highest BCUT2D eigenvalue weighted by atomic mass is 16.5. The Balaban J connectivity index is 2.46. The molecule has 0 aliphatic heterocycles. The van der Waals surface area contributed by atoms with Crippen LogP contribution in [0.25, 0.3) is 5.69 Å². The number of nitrogens with zero attached hydrogens (tertiary/aromatic N) is 2. The van der Waals surface area contributed by atoms with E-state index in [1.807, 2.05) is 24.3 Å². The van der Waals surface area contributed by atoms with E-state index in [2.05, 4.69) is 5.10 Å². The molecule has 1 aromatic carbocycles. The first-order valence-corrected chi connectivity index (χ1v) is 5.12. The predicted molar refractivity (Wildman–Crippen MR) is 63.4 cm³/mol. The van der Waals surface area contributed by atoms with Crippen molar-refractivity contribution < 1.29 is 9.53 Å². The topological polar surface area (TPSA) is 70.1 Å². The minimum Gasteiger partial charge on any atom is -0.497 e. The number of amides is 1. The number of benzene rings is 1. The van der Waals surface area contributed by atoms with Crippen molar-refractivity contribution in [1.82, 2.24) is 9.78 Å². The molecule has 5 nitrogen and oxygen atoms in total. The molecule has 2 rings (SSSR count). The average molecular weight is 231 g/mol. The van der Waals surface area contributed by atoms with Gasteiger partial charge in [0.15, 0.2) is 0 Å². The van der Waals surface area contributed by atoms with Gasteiger partial charge < -0.3 is 10.5 Å². The summed E-state index contributed by atoms with van der Waals surface area (Å²) in [4.78, 5) is 11.1. The third-order valence-electron chi connectivity index (χ3n) is 2.48. The summed E-state index contributed by atoms with van der Waals surface area (Å²) < 4.78 is 6.74. The van der Waals surface area contributed by atoms with Gasteiger partial charge in [0.1, 0.15) is 5.75 Å². The molecule has 5 heteroatoms. The summed E-state index contributed by atoms with van der Waals surface area (Å²) in [6, 6.07) is 7.40. The normalized spacial score (nSPS) is 10.2. The maximum absolute atomic E-state index is 11.1. The van der Waals surface area contributed by atoms with E-state index in [9.17, 15) is 4.79 Å². The van der Waals surface area contributed by atoms with Gasteiger partial charge in [0.2, 0.25) is 0 Å². The molecule has 0 bridgehead atoms. The van der Waals surface area contributed by atoms with Gasteiger partial charge in [0, 0.05) is 12.3 Å². The van der Waals surface area contributed by atoms with Crippen molar-refractivity contribution in [2.24, 2.45) is 5.73 Å². The summed E-state index contributed by atoms with van der Waals surface area (Å²) in [5.74, 6) is 0.257. The fourth-order valence-electron chi connectivity index (χ4n) is 1.59. The van der Waals surface area contributed by atoms with Crippen LogP contribution in [0.15, 0.2) is 30.5 Å². The summed E-state index contributed by atoms with van der Waals surface area (Å²) >= 11 is 0. The third kappa shape index (κ3) is 2.13. The number of primary amides is 1. The highest BCUT2D eigenvalue weighted by Crippen LogP contribution is 2.17. The van der Waals surface area contributed by atoms with Crippen LogP contribution < -0.4 is 10.5 Å². The molecular formula is C12H13N3O2. The number of aromatic nitrogens is 2. The molecular weight excluding hydrogens is 218 g/mol. The lowest BCUT2D eigenvalue weighted by Crippen LogP contribution is -2.11. The van der Waals surface area contributed by atoms with E-state index < -0.39 is 5.91 Å². The predicted octanol–water partition coefficient (Wildman–Crippen LogP) is 1.29. The summed E-state index contributed by atoms with van der Waals surface area (Å²) in [7, 11) is 1.60. The average Bonchev–Trinajstić information content (AvgIpc) is 2.71. The van der Waals surface area contributed by atoms with Crippen LogP contribution in [0.4, 0.5) is 0 Å². The maximum Gasteiger partial charge on any atom is 0.252 e. The second-order valence-corrected chi connectivity index (χ2v) is 3.64. The van der Waals surface area contributed by atoms with Crippen LogP contribution in [-0.4, -0.2) is 22.8 Å². The van der Waals surface area contributed by atoms with Gasteiger partial charge in [-0.25, -0.2) is 4.68 Å². The van der Waals surface area contributed by atoms with Gasteiger partial charge in [0.25, 0.3) is 5.91 Å². The molecule has 1 heterocycles. The Labute approximate surface area is 98.8 Å². The Bertz CT molecular complexity index is 561. The van der Waals surface area contributed by atoms with Gasteiger partial charge in [-0.1, -0.05) is 6.07 Å². The number of ether oxygens (including phenoxy) is 1. The zero-order valence-corrected chi connectivity index (χ0v) is 9.68. The smallest absolute Gasteiger partial charge is 0.252 e. The molecule has 1 amide bonds. The summed E-state index contributed by atoms with van der Waals surface area (Å²) in [6.45, 7) is 1.75. The molecule has 0 saturated heterocycles. The molecule has 0 radical (unpaired) electrons. The molecule has 2 N–H and O–H groups in total. The van der Waals surface area contributed by atoms with E-state index in [0.717, 1.165) is 11.4 Å². The van der Waals surface area contributed by atoms with Gasteiger partial charge in [-0.15, -0.1) is 0 Å². The van der Waals surface area contributed by atoms with Crippen molar-refractivity contribution in [3.63, 3.8) is 0 Å². The van der Waals surface area contributed by atoms with E-state index in [1.165, 1.54) is 0 Å². The second kappa shape index (κ2) is 4.29. The molecule has 0 spiro atoms. The first-order chi connectivity index (χ1) is 8.11. The van der Waals surface area contributed by atoms with Crippen molar-refractivity contribution in [3.05, 3.63) is 41.7 Å². The van der Waals surface area contributed by atoms with Crippen molar-refractivity contribution in [3.8, 4) is 11.4 Å². The number of hydrogen-bond acceptors (Lipinski definition) is 3. The van der Waals surface area contributed by atoms with E-state index in [4.69, 9.17) is 10.5 Å². The summed E-state index contributed by atoms with van der Waals surface area (Å²) in [5, 5.41) is 4.24. The number of hydrogen-bond donors (Lipinski definition) is 1. The largest absolute Gasteiger partial charge is 0.497 e. The number of nitrogens with two attached hydrogens (primary N) is 1. The fourth-order valence-corrected chi connectivity index (χ4v) is 1.59. The number of rotatable bonds is 3. The third-order valence-corrected chi connectivity index (χ3v) is 2.48.